The molecule has 45 heavy (non-hydrogen) atoms. The number of aromatic nitrogens is 2. The van der Waals surface area contributed by atoms with Gasteiger partial charge in [0.15, 0.2) is 5.82 Å². The van der Waals surface area contributed by atoms with E-state index < -0.39 is 0 Å². The Kier molecular flexibility index (Phi) is 19.4. The number of para-hydroxylation sites is 2. The number of anilines is 4. The van der Waals surface area contributed by atoms with E-state index in [4.69, 9.17) is 16.6 Å². The molecule has 0 amide bonds. The molecule has 2 aromatic carbocycles. The molecule has 3 rings (SSSR count). The zero-order valence-corrected chi connectivity index (χ0v) is 29.3. The first-order valence-electron chi connectivity index (χ1n) is 18.4. The monoisotopic (exact) mass is 632 g/mol. The molecule has 0 saturated heterocycles. The average Bonchev–Trinajstić information content (AvgIpc) is 3.07. The first-order valence-corrected chi connectivity index (χ1v) is 18.8. The third-order valence-electron chi connectivity index (χ3n) is 8.87. The van der Waals surface area contributed by atoms with E-state index in [0.717, 1.165) is 43.1 Å². The van der Waals surface area contributed by atoms with Gasteiger partial charge in [-0.1, -0.05) is 166 Å². The van der Waals surface area contributed by atoms with Gasteiger partial charge >= 0.3 is 0 Å². The van der Waals surface area contributed by atoms with Crippen LogP contribution in [0.4, 0.5) is 22.9 Å². The summed E-state index contributed by atoms with van der Waals surface area (Å²) in [5.74, 6) is 0.896. The summed E-state index contributed by atoms with van der Waals surface area (Å²) in [4.78, 5) is 14.2. The summed E-state index contributed by atoms with van der Waals surface area (Å²) in [7, 11) is 0. The Balaban J connectivity index is 1.67. The van der Waals surface area contributed by atoms with E-state index in [-0.39, 0.29) is 0 Å². The van der Waals surface area contributed by atoms with E-state index in [0.29, 0.717) is 5.28 Å². The standard InChI is InChI=1S/C40H61ClN4/c1-3-5-7-9-11-13-15-17-19-27-33-44(36-29-23-21-24-30-36)38-35-42-40(41)43-39(38)45(37-31-25-22-26-32-37)34-28-20-18-16-14-12-10-8-6-4-2/h21-26,29-32,35H,3-20,27-28,33-34H2,1-2H3. The lowest BCUT2D eigenvalue weighted by atomic mass is 10.1. The molecule has 1 aromatic heterocycles. The van der Waals surface area contributed by atoms with Crippen LogP contribution in [0.1, 0.15) is 142 Å². The van der Waals surface area contributed by atoms with Crippen LogP contribution in [-0.4, -0.2) is 23.1 Å². The van der Waals surface area contributed by atoms with E-state index in [1.807, 2.05) is 6.20 Å². The minimum absolute atomic E-state index is 0.296. The van der Waals surface area contributed by atoms with Crippen molar-refractivity contribution in [1.82, 2.24) is 9.97 Å². The molecular formula is C40H61ClN4. The Bertz CT molecular complexity index is 1120. The number of hydrogen-bond acceptors (Lipinski definition) is 4. The molecule has 0 saturated carbocycles. The van der Waals surface area contributed by atoms with Crippen molar-refractivity contribution in [3.63, 3.8) is 0 Å². The number of nitrogens with zero attached hydrogens (tertiary/aromatic N) is 4. The Morgan fingerprint density at radius 3 is 1.31 bits per heavy atom. The van der Waals surface area contributed by atoms with Gasteiger partial charge in [-0.15, -0.1) is 0 Å². The molecule has 0 aliphatic heterocycles. The number of benzene rings is 2. The molecule has 0 aliphatic carbocycles. The zero-order chi connectivity index (χ0) is 31.8. The van der Waals surface area contributed by atoms with Gasteiger partial charge in [0.1, 0.15) is 5.69 Å². The Morgan fingerprint density at radius 1 is 0.489 bits per heavy atom. The molecule has 3 aromatic rings. The van der Waals surface area contributed by atoms with Crippen molar-refractivity contribution in [2.75, 3.05) is 22.9 Å². The van der Waals surface area contributed by atoms with Gasteiger partial charge in [-0.2, -0.15) is 4.98 Å². The van der Waals surface area contributed by atoms with Crippen LogP contribution in [0, 0.1) is 0 Å². The van der Waals surface area contributed by atoms with Crippen LogP contribution < -0.4 is 9.80 Å². The SMILES string of the molecule is CCCCCCCCCCCCN(c1ccccc1)c1cnc(Cl)nc1N(CCCCCCCCCCCC)c1ccccc1. The maximum absolute atomic E-state index is 6.51. The summed E-state index contributed by atoms with van der Waals surface area (Å²) in [6.45, 7) is 6.41. The van der Waals surface area contributed by atoms with Crippen LogP contribution >= 0.6 is 11.6 Å². The van der Waals surface area contributed by atoms with Crippen molar-refractivity contribution < 1.29 is 0 Å². The molecule has 5 heteroatoms. The number of unbranched alkanes of at least 4 members (excludes halogenated alkanes) is 18. The van der Waals surface area contributed by atoms with E-state index in [2.05, 4.69) is 89.3 Å². The third kappa shape index (κ3) is 14.6. The van der Waals surface area contributed by atoms with Gasteiger partial charge in [0.2, 0.25) is 5.28 Å². The fourth-order valence-electron chi connectivity index (χ4n) is 6.21. The highest BCUT2D eigenvalue weighted by atomic mass is 35.5. The second kappa shape index (κ2) is 23.7. The molecule has 4 nitrogen and oxygen atoms in total. The number of halogens is 1. The average molecular weight is 633 g/mol. The molecule has 0 fully saturated rings. The summed E-state index contributed by atoms with van der Waals surface area (Å²) in [6, 6.07) is 21.4. The first-order chi connectivity index (χ1) is 22.2. The molecule has 0 radical (unpaired) electrons. The summed E-state index contributed by atoms with van der Waals surface area (Å²) in [5, 5.41) is 0.296. The van der Waals surface area contributed by atoms with Crippen molar-refractivity contribution in [3.05, 3.63) is 72.1 Å². The van der Waals surface area contributed by atoms with Gasteiger partial charge in [-0.3, -0.25) is 0 Å². The molecule has 1 heterocycles. The molecule has 0 unspecified atom stereocenters. The predicted octanol–water partition coefficient (Wildman–Crippen LogP) is 13.2. The minimum Gasteiger partial charge on any atom is -0.337 e. The second-order valence-corrected chi connectivity index (χ2v) is 13.0. The van der Waals surface area contributed by atoms with Crippen LogP contribution in [0.15, 0.2) is 66.9 Å². The molecule has 248 valence electrons. The van der Waals surface area contributed by atoms with Crippen molar-refractivity contribution in [1.29, 1.82) is 0 Å². The van der Waals surface area contributed by atoms with Crippen molar-refractivity contribution in [2.45, 2.75) is 142 Å². The minimum atomic E-state index is 0.296. The van der Waals surface area contributed by atoms with E-state index in [1.54, 1.807) is 0 Å². The molecule has 0 N–H and O–H groups in total. The second-order valence-electron chi connectivity index (χ2n) is 12.7. The lowest BCUT2D eigenvalue weighted by molar-refractivity contribution is 0.556. The van der Waals surface area contributed by atoms with Crippen LogP contribution in [0.3, 0.4) is 0 Å². The number of rotatable bonds is 26. The normalized spacial score (nSPS) is 11.2. The van der Waals surface area contributed by atoms with Crippen LogP contribution in [0.2, 0.25) is 5.28 Å². The predicted molar refractivity (Wildman–Crippen MR) is 198 cm³/mol. The first kappa shape index (κ1) is 36.9. The molecular weight excluding hydrogens is 572 g/mol. The van der Waals surface area contributed by atoms with Gasteiger partial charge in [0.25, 0.3) is 0 Å². The van der Waals surface area contributed by atoms with Gasteiger partial charge < -0.3 is 9.80 Å². The number of hydrogen-bond donors (Lipinski definition) is 0. The Labute approximate surface area is 281 Å². The highest BCUT2D eigenvalue weighted by Crippen LogP contribution is 2.37. The van der Waals surface area contributed by atoms with Gasteiger partial charge in [0, 0.05) is 24.5 Å². The maximum Gasteiger partial charge on any atom is 0.224 e. The topological polar surface area (TPSA) is 32.3 Å². The van der Waals surface area contributed by atoms with Gasteiger partial charge in [0.05, 0.1) is 6.20 Å². The van der Waals surface area contributed by atoms with Crippen molar-refractivity contribution in [3.8, 4) is 0 Å². The van der Waals surface area contributed by atoms with E-state index in [1.165, 1.54) is 121 Å². The van der Waals surface area contributed by atoms with Gasteiger partial charge in [-0.05, 0) is 48.7 Å². The van der Waals surface area contributed by atoms with Crippen LogP contribution in [-0.2, 0) is 0 Å². The fraction of sp³-hybridized carbons (Fsp3) is 0.600. The quantitative estimate of drug-likeness (QED) is 0.0651. The van der Waals surface area contributed by atoms with Gasteiger partial charge in [-0.25, -0.2) is 4.98 Å². The van der Waals surface area contributed by atoms with E-state index in [9.17, 15) is 0 Å². The lowest BCUT2D eigenvalue weighted by Gasteiger charge is -2.31. The summed E-state index contributed by atoms with van der Waals surface area (Å²) >= 11 is 6.51. The van der Waals surface area contributed by atoms with Crippen molar-refractivity contribution in [2.24, 2.45) is 0 Å². The van der Waals surface area contributed by atoms with E-state index >= 15 is 0 Å². The summed E-state index contributed by atoms with van der Waals surface area (Å²) in [5.41, 5.74) is 3.35. The maximum atomic E-state index is 6.51. The molecule has 0 atom stereocenters. The largest absolute Gasteiger partial charge is 0.337 e. The summed E-state index contributed by atoms with van der Waals surface area (Å²) < 4.78 is 0. The van der Waals surface area contributed by atoms with Crippen LogP contribution in [0.5, 0.6) is 0 Å². The molecule has 0 bridgehead atoms. The third-order valence-corrected chi connectivity index (χ3v) is 9.06. The zero-order valence-electron chi connectivity index (χ0n) is 28.6. The Hall–Kier alpha value is -2.59. The molecule has 0 aliphatic rings. The lowest BCUT2D eigenvalue weighted by Crippen LogP contribution is -2.26. The highest BCUT2D eigenvalue weighted by molar-refractivity contribution is 6.28. The smallest absolute Gasteiger partial charge is 0.224 e. The van der Waals surface area contributed by atoms with Crippen molar-refractivity contribution >= 4 is 34.5 Å². The van der Waals surface area contributed by atoms with Crippen LogP contribution in [0.25, 0.3) is 0 Å². The fourth-order valence-corrected chi connectivity index (χ4v) is 6.34. The molecule has 0 spiro atoms. The highest BCUT2D eigenvalue weighted by Gasteiger charge is 2.22. The summed E-state index contributed by atoms with van der Waals surface area (Å²) in [6.07, 6.45) is 28.4. The Morgan fingerprint density at radius 2 is 0.867 bits per heavy atom.